The fourth-order valence-corrected chi connectivity index (χ4v) is 2.53. The second kappa shape index (κ2) is 9.11. The monoisotopic (exact) mass is 339 g/mol. The van der Waals surface area contributed by atoms with E-state index >= 15 is 0 Å². The molecule has 0 amide bonds. The fourth-order valence-electron chi connectivity index (χ4n) is 2.46. The number of rotatable bonds is 7. The third-order valence-electron chi connectivity index (χ3n) is 3.97. The zero-order valence-electron chi connectivity index (χ0n) is 14.0. The van der Waals surface area contributed by atoms with E-state index in [4.69, 9.17) is 4.74 Å². The smallest absolute Gasteiger partial charge is 0.338 e. The molecule has 0 aliphatic rings. The van der Waals surface area contributed by atoms with Gasteiger partial charge in [0.1, 0.15) is 0 Å². The topological polar surface area (TPSA) is 38.7 Å². The molecule has 0 radical (unpaired) electrons. The number of hydrogen-bond acceptors (Lipinski definition) is 4. The van der Waals surface area contributed by atoms with Gasteiger partial charge in [-0.25, -0.2) is 9.79 Å². The molecule has 4 heteroatoms. The van der Waals surface area contributed by atoms with Crippen LogP contribution in [0.2, 0.25) is 0 Å². The number of nitrogens with zero attached hydrogens (tertiary/aromatic N) is 1. The zero-order valence-corrected chi connectivity index (χ0v) is 14.8. The molecule has 0 spiro atoms. The Morgan fingerprint density at radius 3 is 2.58 bits per heavy atom. The molecule has 24 heavy (non-hydrogen) atoms. The van der Waals surface area contributed by atoms with Crippen LogP contribution in [0.25, 0.3) is 0 Å². The molecule has 3 nitrogen and oxygen atoms in total. The van der Waals surface area contributed by atoms with E-state index in [9.17, 15) is 4.79 Å². The SMILES string of the molecule is Cc1ccc(CC(CN=C=S)COC(=O)c2ccccc2)cc1C. The van der Waals surface area contributed by atoms with Crippen LogP contribution < -0.4 is 0 Å². The largest absolute Gasteiger partial charge is 0.462 e. The Hall–Kier alpha value is -2.29. The molecule has 0 heterocycles. The summed E-state index contributed by atoms with van der Waals surface area (Å²) >= 11 is 4.66. The van der Waals surface area contributed by atoms with Crippen molar-refractivity contribution < 1.29 is 9.53 Å². The number of esters is 1. The summed E-state index contributed by atoms with van der Waals surface area (Å²) in [6.07, 6.45) is 0.781. The van der Waals surface area contributed by atoms with Gasteiger partial charge in [0.25, 0.3) is 0 Å². The van der Waals surface area contributed by atoms with E-state index in [0.717, 1.165) is 6.42 Å². The van der Waals surface area contributed by atoms with Gasteiger partial charge in [-0.1, -0.05) is 36.4 Å². The van der Waals surface area contributed by atoms with Gasteiger partial charge in [-0.15, -0.1) is 0 Å². The van der Waals surface area contributed by atoms with Crippen LogP contribution >= 0.6 is 12.2 Å². The number of thiocarbonyl (C=S) groups is 1. The fraction of sp³-hybridized carbons (Fsp3) is 0.300. The maximum Gasteiger partial charge on any atom is 0.338 e. The first-order valence-corrected chi connectivity index (χ1v) is 8.33. The summed E-state index contributed by atoms with van der Waals surface area (Å²) in [6, 6.07) is 15.4. The minimum absolute atomic E-state index is 0.0789. The number of carbonyl (C=O) groups is 1. The Morgan fingerprint density at radius 2 is 1.92 bits per heavy atom. The number of isothiocyanates is 1. The van der Waals surface area contributed by atoms with Crippen LogP contribution in [0.15, 0.2) is 53.5 Å². The molecule has 2 aromatic rings. The third-order valence-corrected chi connectivity index (χ3v) is 4.10. The molecular formula is C20H21NO2S. The van der Waals surface area contributed by atoms with Gasteiger partial charge < -0.3 is 4.74 Å². The summed E-state index contributed by atoms with van der Waals surface area (Å²) in [5.41, 5.74) is 4.28. The molecule has 0 aromatic heterocycles. The predicted octanol–water partition coefficient (Wildman–Crippen LogP) is 4.42. The van der Waals surface area contributed by atoms with Crippen molar-refractivity contribution in [2.45, 2.75) is 20.3 Å². The number of ether oxygens (including phenoxy) is 1. The van der Waals surface area contributed by atoms with E-state index in [-0.39, 0.29) is 11.9 Å². The summed E-state index contributed by atoms with van der Waals surface area (Å²) in [5.74, 6) is -0.234. The van der Waals surface area contributed by atoms with Gasteiger partial charge in [0, 0.05) is 5.92 Å². The quantitative estimate of drug-likeness (QED) is 0.426. The highest BCUT2D eigenvalue weighted by Crippen LogP contribution is 2.15. The minimum atomic E-state index is -0.313. The lowest BCUT2D eigenvalue weighted by Gasteiger charge is -2.15. The van der Waals surface area contributed by atoms with Crippen molar-refractivity contribution in [1.29, 1.82) is 0 Å². The van der Waals surface area contributed by atoms with Crippen molar-refractivity contribution in [3.63, 3.8) is 0 Å². The van der Waals surface area contributed by atoms with Crippen molar-refractivity contribution in [3.8, 4) is 0 Å². The first kappa shape index (κ1) is 18.1. The molecule has 0 aliphatic carbocycles. The maximum absolute atomic E-state index is 12.1. The summed E-state index contributed by atoms with van der Waals surface area (Å²) in [6.45, 7) is 4.99. The number of carbonyl (C=O) groups excluding carboxylic acids is 1. The lowest BCUT2D eigenvalue weighted by molar-refractivity contribution is 0.0444. The van der Waals surface area contributed by atoms with Crippen LogP contribution in [0.5, 0.6) is 0 Å². The van der Waals surface area contributed by atoms with Crippen LogP contribution in [0.1, 0.15) is 27.0 Å². The molecule has 1 unspecified atom stereocenters. The van der Waals surface area contributed by atoms with E-state index < -0.39 is 0 Å². The Bertz CT molecular complexity index is 737. The van der Waals surface area contributed by atoms with Crippen molar-refractivity contribution in [3.05, 3.63) is 70.8 Å². The predicted molar refractivity (Wildman–Crippen MR) is 99.7 cm³/mol. The van der Waals surface area contributed by atoms with Gasteiger partial charge in [-0.05, 0) is 61.3 Å². The van der Waals surface area contributed by atoms with Gasteiger partial charge >= 0.3 is 5.97 Å². The molecule has 0 N–H and O–H groups in total. The molecule has 2 aromatic carbocycles. The third kappa shape index (κ3) is 5.41. The lowest BCUT2D eigenvalue weighted by atomic mass is 9.97. The molecule has 0 saturated heterocycles. The lowest BCUT2D eigenvalue weighted by Crippen LogP contribution is -2.19. The second-order valence-corrected chi connectivity index (χ2v) is 6.07. The van der Waals surface area contributed by atoms with Crippen molar-refractivity contribution >= 4 is 23.3 Å². The van der Waals surface area contributed by atoms with E-state index in [1.165, 1.54) is 16.7 Å². The van der Waals surface area contributed by atoms with E-state index in [1.807, 2.05) is 18.2 Å². The molecule has 1 atom stereocenters. The van der Waals surface area contributed by atoms with Crippen LogP contribution in [0.4, 0.5) is 0 Å². The molecule has 0 fully saturated rings. The summed E-state index contributed by atoms with van der Waals surface area (Å²) < 4.78 is 5.45. The molecule has 2 rings (SSSR count). The highest BCUT2D eigenvalue weighted by Gasteiger charge is 2.14. The van der Waals surface area contributed by atoms with Gasteiger partial charge in [0.05, 0.1) is 23.9 Å². The van der Waals surface area contributed by atoms with Gasteiger partial charge in [0.15, 0.2) is 0 Å². The second-order valence-electron chi connectivity index (χ2n) is 5.89. The van der Waals surface area contributed by atoms with E-state index in [2.05, 4.69) is 54.4 Å². The number of aliphatic imine (C=N–C) groups is 1. The van der Waals surface area contributed by atoms with Gasteiger partial charge in [-0.3, -0.25) is 0 Å². The first-order chi connectivity index (χ1) is 11.6. The molecule has 0 saturated carbocycles. The van der Waals surface area contributed by atoms with E-state index in [1.54, 1.807) is 12.1 Å². The summed E-state index contributed by atoms with van der Waals surface area (Å²) in [5, 5.41) is 2.39. The molecule has 0 bridgehead atoms. The molecule has 124 valence electrons. The van der Waals surface area contributed by atoms with Crippen LogP contribution in [0.3, 0.4) is 0 Å². The standard InChI is InChI=1S/C20H21NO2S/c1-15-8-9-17(10-16(15)2)11-18(12-21-14-24)13-23-20(22)19-6-4-3-5-7-19/h3-10,18H,11-13H2,1-2H3. The van der Waals surface area contributed by atoms with Gasteiger partial charge in [-0.2, -0.15) is 0 Å². The number of hydrogen-bond donors (Lipinski definition) is 0. The highest BCUT2D eigenvalue weighted by molar-refractivity contribution is 7.78. The van der Waals surface area contributed by atoms with E-state index in [0.29, 0.717) is 18.7 Å². The van der Waals surface area contributed by atoms with Crippen LogP contribution in [0, 0.1) is 19.8 Å². The Balaban J connectivity index is 2.01. The maximum atomic E-state index is 12.1. The van der Waals surface area contributed by atoms with Crippen molar-refractivity contribution in [2.24, 2.45) is 10.9 Å². The van der Waals surface area contributed by atoms with Crippen molar-refractivity contribution in [2.75, 3.05) is 13.2 Å². The zero-order chi connectivity index (χ0) is 17.4. The number of aryl methyl sites for hydroxylation is 2. The van der Waals surface area contributed by atoms with Crippen LogP contribution in [-0.4, -0.2) is 24.3 Å². The van der Waals surface area contributed by atoms with Crippen molar-refractivity contribution in [1.82, 2.24) is 0 Å². The Morgan fingerprint density at radius 1 is 1.17 bits per heavy atom. The minimum Gasteiger partial charge on any atom is -0.462 e. The van der Waals surface area contributed by atoms with Crippen LogP contribution in [-0.2, 0) is 11.2 Å². The normalized spacial score (nSPS) is 11.4. The highest BCUT2D eigenvalue weighted by atomic mass is 32.1. The first-order valence-electron chi connectivity index (χ1n) is 7.92. The number of benzene rings is 2. The Labute approximate surface area is 148 Å². The molecule has 0 aliphatic heterocycles. The summed E-state index contributed by atoms with van der Waals surface area (Å²) in [4.78, 5) is 16.1. The molecular weight excluding hydrogens is 318 g/mol. The Kier molecular flexibility index (Phi) is 6.86. The van der Waals surface area contributed by atoms with Gasteiger partial charge in [0.2, 0.25) is 0 Å². The summed E-state index contributed by atoms with van der Waals surface area (Å²) in [7, 11) is 0. The average molecular weight is 339 g/mol. The average Bonchev–Trinajstić information content (AvgIpc) is 2.61.